The van der Waals surface area contributed by atoms with E-state index in [0.717, 1.165) is 49.1 Å². The molecule has 4 aromatic heterocycles. The molecule has 41 heavy (non-hydrogen) atoms. The van der Waals surface area contributed by atoms with Gasteiger partial charge in [0.2, 0.25) is 0 Å². The van der Waals surface area contributed by atoms with Crippen LogP contribution in [0, 0.1) is 12.8 Å². The number of fused-ring (bicyclic) bond motifs is 1. The summed E-state index contributed by atoms with van der Waals surface area (Å²) in [7, 11) is -3.34. The largest absolute Gasteiger partial charge is 0.360 e. The number of anilines is 1. The van der Waals surface area contributed by atoms with Gasteiger partial charge >= 0.3 is 0 Å². The van der Waals surface area contributed by atoms with Crippen molar-refractivity contribution < 1.29 is 8.42 Å². The number of pyridine rings is 1. The monoisotopic (exact) mass is 574 g/mol. The topological polar surface area (TPSA) is 146 Å². The van der Waals surface area contributed by atoms with E-state index in [2.05, 4.69) is 37.2 Å². The third kappa shape index (κ3) is 5.09. The van der Waals surface area contributed by atoms with Crippen LogP contribution in [-0.4, -0.2) is 48.6 Å². The van der Waals surface area contributed by atoms with Gasteiger partial charge < -0.3 is 5.32 Å². The molecule has 6 rings (SSSR count). The fraction of sp³-hybridized carbons (Fsp3) is 0.483. The standard InChI is InChI=1S/C29H34N8O3S/c1-4-41(39,40)22-12-11-21(30-14-22)13-31-27-29(38)37(18(3)19-7-5-8-19)28-23(35-27)15-32-26(36-28)24-17(2)33-16-34-25(24)20-9-6-10-20/h11-12,14-16,18-20H,4-10,13H2,1-3H3,(H,31,35)/t18-/m1/s1. The van der Waals surface area contributed by atoms with Crippen LogP contribution in [0.2, 0.25) is 0 Å². The predicted octanol–water partition coefficient (Wildman–Crippen LogP) is 4.38. The van der Waals surface area contributed by atoms with E-state index in [1.165, 1.54) is 18.7 Å². The van der Waals surface area contributed by atoms with E-state index >= 15 is 0 Å². The van der Waals surface area contributed by atoms with Crippen LogP contribution in [0.25, 0.3) is 22.6 Å². The van der Waals surface area contributed by atoms with Crippen molar-refractivity contribution in [3.63, 3.8) is 0 Å². The minimum absolute atomic E-state index is 0.00848. The first-order valence-corrected chi connectivity index (χ1v) is 15.9. The summed E-state index contributed by atoms with van der Waals surface area (Å²) >= 11 is 0. The number of nitrogens with zero attached hydrogens (tertiary/aromatic N) is 7. The van der Waals surface area contributed by atoms with Crippen molar-refractivity contribution in [2.24, 2.45) is 5.92 Å². The number of sulfone groups is 1. The third-order valence-corrected chi connectivity index (χ3v) is 10.3. The molecule has 0 bridgehead atoms. The van der Waals surface area contributed by atoms with Gasteiger partial charge in [-0.2, -0.15) is 0 Å². The fourth-order valence-electron chi connectivity index (χ4n) is 5.55. The summed E-state index contributed by atoms with van der Waals surface area (Å²) in [5.41, 5.74) is 3.98. The highest BCUT2D eigenvalue weighted by Crippen LogP contribution is 2.40. The summed E-state index contributed by atoms with van der Waals surface area (Å²) in [5.74, 6) is 1.46. The third-order valence-electron chi connectivity index (χ3n) is 8.63. The Morgan fingerprint density at radius 1 is 1.02 bits per heavy atom. The highest BCUT2D eigenvalue weighted by Gasteiger charge is 2.30. The summed E-state index contributed by atoms with van der Waals surface area (Å²) in [6, 6.07) is 3.11. The molecular weight excluding hydrogens is 540 g/mol. The van der Waals surface area contributed by atoms with Crippen molar-refractivity contribution in [2.75, 3.05) is 11.1 Å². The van der Waals surface area contributed by atoms with Crippen molar-refractivity contribution in [1.29, 1.82) is 0 Å². The molecule has 4 aromatic rings. The molecule has 0 radical (unpaired) electrons. The lowest BCUT2D eigenvalue weighted by Crippen LogP contribution is -2.34. The van der Waals surface area contributed by atoms with Gasteiger partial charge in [0.25, 0.3) is 5.56 Å². The second-order valence-electron chi connectivity index (χ2n) is 11.1. The van der Waals surface area contributed by atoms with Crippen LogP contribution in [-0.2, 0) is 16.4 Å². The molecule has 2 aliphatic rings. The lowest BCUT2D eigenvalue weighted by atomic mass is 9.80. The Hall–Kier alpha value is -3.80. The Morgan fingerprint density at radius 3 is 2.44 bits per heavy atom. The van der Waals surface area contributed by atoms with Gasteiger partial charge in [0.15, 0.2) is 27.1 Å². The molecule has 2 fully saturated rings. The number of rotatable bonds is 9. The van der Waals surface area contributed by atoms with Crippen LogP contribution in [0.15, 0.2) is 40.5 Å². The summed E-state index contributed by atoms with van der Waals surface area (Å²) in [6.45, 7) is 5.82. The molecule has 0 aromatic carbocycles. The molecule has 1 atom stereocenters. The Balaban J connectivity index is 1.39. The van der Waals surface area contributed by atoms with Gasteiger partial charge in [-0.25, -0.2) is 33.3 Å². The summed E-state index contributed by atoms with van der Waals surface area (Å²) in [6.07, 6.45) is 11.3. The molecule has 11 nitrogen and oxygen atoms in total. The van der Waals surface area contributed by atoms with E-state index in [9.17, 15) is 13.2 Å². The SMILES string of the molecule is CCS(=O)(=O)c1ccc(CNc2nc3cnc(-c4c(C)ncnc4C4CCC4)nc3n([C@H](C)C3CCC3)c2=O)nc1. The molecule has 0 saturated heterocycles. The zero-order valence-corrected chi connectivity index (χ0v) is 24.4. The first kappa shape index (κ1) is 27.4. The summed E-state index contributed by atoms with van der Waals surface area (Å²) in [5, 5.41) is 3.13. The molecule has 4 heterocycles. The lowest BCUT2D eigenvalue weighted by Gasteiger charge is -2.33. The molecule has 0 amide bonds. The molecule has 2 aliphatic carbocycles. The maximum atomic E-state index is 13.9. The summed E-state index contributed by atoms with van der Waals surface area (Å²) in [4.78, 5) is 41.7. The smallest absolute Gasteiger partial charge is 0.295 e. The first-order chi connectivity index (χ1) is 19.8. The van der Waals surface area contributed by atoms with E-state index in [0.29, 0.717) is 34.5 Å². The van der Waals surface area contributed by atoms with Crippen molar-refractivity contribution in [3.05, 3.63) is 58.3 Å². The lowest BCUT2D eigenvalue weighted by molar-refractivity contribution is 0.222. The zero-order valence-electron chi connectivity index (χ0n) is 23.5. The van der Waals surface area contributed by atoms with Gasteiger partial charge in [0.05, 0.1) is 46.0 Å². The molecule has 0 aliphatic heterocycles. The molecule has 1 N–H and O–H groups in total. The number of aryl methyl sites for hydroxylation is 1. The fourth-order valence-corrected chi connectivity index (χ4v) is 6.37. The minimum Gasteiger partial charge on any atom is -0.360 e. The van der Waals surface area contributed by atoms with Crippen molar-refractivity contribution in [2.45, 2.75) is 82.7 Å². The number of aromatic nitrogens is 7. The quantitative estimate of drug-likeness (QED) is 0.305. The Kier molecular flexibility index (Phi) is 7.27. The van der Waals surface area contributed by atoms with E-state index in [1.54, 1.807) is 30.1 Å². The molecule has 2 saturated carbocycles. The van der Waals surface area contributed by atoms with E-state index < -0.39 is 9.84 Å². The minimum atomic E-state index is -3.34. The molecule has 0 spiro atoms. The second kappa shape index (κ2) is 10.9. The van der Waals surface area contributed by atoms with Gasteiger partial charge in [-0.3, -0.25) is 14.3 Å². The van der Waals surface area contributed by atoms with E-state index in [4.69, 9.17) is 4.98 Å². The first-order valence-electron chi connectivity index (χ1n) is 14.3. The average molecular weight is 575 g/mol. The van der Waals surface area contributed by atoms with Crippen molar-refractivity contribution >= 4 is 26.8 Å². The van der Waals surface area contributed by atoms with Crippen LogP contribution in [0.1, 0.15) is 81.4 Å². The Morgan fingerprint density at radius 2 is 1.80 bits per heavy atom. The maximum Gasteiger partial charge on any atom is 0.295 e. The average Bonchev–Trinajstić information content (AvgIpc) is 2.90. The summed E-state index contributed by atoms with van der Waals surface area (Å²) < 4.78 is 26.0. The van der Waals surface area contributed by atoms with Crippen LogP contribution >= 0.6 is 0 Å². The van der Waals surface area contributed by atoms with E-state index in [-0.39, 0.29) is 34.6 Å². The normalized spacial score (nSPS) is 16.8. The predicted molar refractivity (Wildman–Crippen MR) is 155 cm³/mol. The maximum absolute atomic E-state index is 13.9. The highest BCUT2D eigenvalue weighted by molar-refractivity contribution is 7.91. The van der Waals surface area contributed by atoms with Gasteiger partial charge in [0.1, 0.15) is 11.8 Å². The molecule has 12 heteroatoms. The van der Waals surface area contributed by atoms with Crippen molar-refractivity contribution in [1.82, 2.24) is 34.5 Å². The van der Waals surface area contributed by atoms with E-state index in [1.807, 2.05) is 6.92 Å². The molecule has 0 unspecified atom stereocenters. The van der Waals surface area contributed by atoms with Crippen molar-refractivity contribution in [3.8, 4) is 11.4 Å². The van der Waals surface area contributed by atoms with Gasteiger partial charge in [-0.15, -0.1) is 0 Å². The molecular formula is C29H34N8O3S. The highest BCUT2D eigenvalue weighted by atomic mass is 32.2. The number of nitrogens with one attached hydrogen (secondary N) is 1. The van der Waals surface area contributed by atoms with Crippen LogP contribution in [0.4, 0.5) is 5.82 Å². The number of hydrogen-bond donors (Lipinski definition) is 1. The Bertz CT molecular complexity index is 1760. The molecule has 214 valence electrons. The Labute approximate surface area is 238 Å². The van der Waals surface area contributed by atoms with Gasteiger partial charge in [-0.05, 0) is 57.6 Å². The van der Waals surface area contributed by atoms with Crippen LogP contribution in [0.5, 0.6) is 0 Å². The van der Waals surface area contributed by atoms with Crippen LogP contribution in [0.3, 0.4) is 0 Å². The number of hydrogen-bond acceptors (Lipinski definition) is 10. The van der Waals surface area contributed by atoms with Gasteiger partial charge in [-0.1, -0.05) is 19.8 Å². The van der Waals surface area contributed by atoms with Crippen LogP contribution < -0.4 is 10.9 Å². The second-order valence-corrected chi connectivity index (χ2v) is 13.3. The van der Waals surface area contributed by atoms with Gasteiger partial charge in [0, 0.05) is 18.2 Å². The zero-order chi connectivity index (χ0) is 28.7.